The fourth-order valence-corrected chi connectivity index (χ4v) is 3.11. The highest BCUT2D eigenvalue weighted by molar-refractivity contribution is 6.07. The van der Waals surface area contributed by atoms with Gasteiger partial charge in [0.15, 0.2) is 17.3 Å². The van der Waals surface area contributed by atoms with Gasteiger partial charge in [0.2, 0.25) is 0 Å². The molecule has 2 aromatic carbocycles. The molecule has 2 aromatic rings. The lowest BCUT2D eigenvalue weighted by Crippen LogP contribution is -2.36. The summed E-state index contributed by atoms with van der Waals surface area (Å²) >= 11 is 0. The highest BCUT2D eigenvalue weighted by Crippen LogP contribution is 2.29. The molecule has 1 aliphatic rings. The van der Waals surface area contributed by atoms with Crippen molar-refractivity contribution in [2.45, 2.75) is 13.3 Å². The maximum atomic E-state index is 14.5. The lowest BCUT2D eigenvalue weighted by atomic mass is 10.1. The molecule has 0 spiro atoms. The summed E-state index contributed by atoms with van der Waals surface area (Å²) in [4.78, 5) is 14.4. The molecule has 1 aliphatic heterocycles. The molecule has 0 aliphatic carbocycles. The van der Waals surface area contributed by atoms with E-state index in [0.717, 1.165) is 12.0 Å². The number of carbonyl (C=O) groups excluding carboxylic acids is 1. The highest BCUT2D eigenvalue weighted by Gasteiger charge is 2.16. The average Bonchev–Trinajstić information content (AvgIpc) is 2.76. The number of allylic oxidation sites excluding steroid dienone is 1. The van der Waals surface area contributed by atoms with Crippen LogP contribution >= 0.6 is 0 Å². The summed E-state index contributed by atoms with van der Waals surface area (Å²) in [5, 5.41) is 0. The molecular weight excluding hydrogens is 373 g/mol. The van der Waals surface area contributed by atoms with Gasteiger partial charge in [-0.3, -0.25) is 4.79 Å². The molecular formula is C23H26FNO4. The van der Waals surface area contributed by atoms with E-state index < -0.39 is 5.82 Å². The van der Waals surface area contributed by atoms with Gasteiger partial charge in [-0.15, -0.1) is 0 Å². The zero-order valence-corrected chi connectivity index (χ0v) is 16.8. The van der Waals surface area contributed by atoms with E-state index in [1.807, 2.05) is 24.0 Å². The molecule has 6 heteroatoms. The Kier molecular flexibility index (Phi) is 7.25. The molecule has 0 amide bonds. The molecule has 0 radical (unpaired) electrons. The summed E-state index contributed by atoms with van der Waals surface area (Å²) in [6.07, 6.45) is 4.01. The summed E-state index contributed by atoms with van der Waals surface area (Å²) in [6.45, 7) is 5.05. The molecule has 1 fully saturated rings. The predicted octanol–water partition coefficient (Wildman–Crippen LogP) is 4.36. The third-order valence-electron chi connectivity index (χ3n) is 4.66. The minimum absolute atomic E-state index is 0.260. The molecule has 0 N–H and O–H groups in total. The van der Waals surface area contributed by atoms with Crippen molar-refractivity contribution in [2.75, 3.05) is 44.9 Å². The molecule has 1 heterocycles. The number of ether oxygens (including phenoxy) is 3. The molecule has 5 nitrogen and oxygen atoms in total. The minimum Gasteiger partial charge on any atom is -0.493 e. The lowest BCUT2D eigenvalue weighted by Gasteiger charge is -2.29. The quantitative estimate of drug-likeness (QED) is 0.488. The van der Waals surface area contributed by atoms with Crippen LogP contribution < -0.4 is 14.4 Å². The van der Waals surface area contributed by atoms with Gasteiger partial charge in [0.1, 0.15) is 5.82 Å². The van der Waals surface area contributed by atoms with Gasteiger partial charge in [0.25, 0.3) is 0 Å². The van der Waals surface area contributed by atoms with Gasteiger partial charge in [0.05, 0.1) is 32.6 Å². The molecule has 29 heavy (non-hydrogen) atoms. The van der Waals surface area contributed by atoms with Gasteiger partial charge >= 0.3 is 0 Å². The van der Waals surface area contributed by atoms with Crippen LogP contribution in [0.4, 0.5) is 10.1 Å². The van der Waals surface area contributed by atoms with Crippen LogP contribution in [-0.2, 0) is 4.74 Å². The Labute approximate surface area is 170 Å². The topological polar surface area (TPSA) is 48.0 Å². The van der Waals surface area contributed by atoms with Crippen LogP contribution in [0.5, 0.6) is 11.5 Å². The molecule has 1 saturated heterocycles. The number of anilines is 1. The number of methoxy groups -OCH3 is 1. The molecule has 0 unspecified atom stereocenters. The Hall–Kier alpha value is -2.86. The van der Waals surface area contributed by atoms with Crippen molar-refractivity contribution in [3.8, 4) is 11.5 Å². The van der Waals surface area contributed by atoms with E-state index in [9.17, 15) is 9.18 Å². The molecule has 0 saturated carbocycles. The fraction of sp³-hybridized carbons (Fsp3) is 0.348. The third kappa shape index (κ3) is 5.35. The van der Waals surface area contributed by atoms with E-state index in [4.69, 9.17) is 14.2 Å². The second-order valence-electron chi connectivity index (χ2n) is 6.72. The number of hydrogen-bond donors (Lipinski definition) is 0. The first kappa shape index (κ1) is 20.9. The number of hydrogen-bond acceptors (Lipinski definition) is 5. The van der Waals surface area contributed by atoms with Gasteiger partial charge in [-0.2, -0.15) is 0 Å². The van der Waals surface area contributed by atoms with E-state index in [1.54, 1.807) is 31.4 Å². The van der Waals surface area contributed by atoms with E-state index >= 15 is 0 Å². The molecule has 0 aromatic heterocycles. The zero-order valence-electron chi connectivity index (χ0n) is 16.8. The largest absolute Gasteiger partial charge is 0.493 e. The lowest BCUT2D eigenvalue weighted by molar-refractivity contribution is 0.104. The normalized spacial score (nSPS) is 14.2. The van der Waals surface area contributed by atoms with Crippen molar-refractivity contribution in [3.63, 3.8) is 0 Å². The zero-order chi connectivity index (χ0) is 20.6. The number of rotatable bonds is 8. The number of morpholine rings is 1. The summed E-state index contributed by atoms with van der Waals surface area (Å²) in [6, 6.07) is 10.1. The summed E-state index contributed by atoms with van der Waals surface area (Å²) < 4.78 is 30.8. The Balaban J connectivity index is 1.72. The van der Waals surface area contributed by atoms with Crippen molar-refractivity contribution < 1.29 is 23.4 Å². The summed E-state index contributed by atoms with van der Waals surface area (Å²) in [7, 11) is 1.59. The van der Waals surface area contributed by atoms with Gasteiger partial charge in [-0.1, -0.05) is 19.1 Å². The van der Waals surface area contributed by atoms with Crippen LogP contribution in [-0.4, -0.2) is 45.8 Å². The first-order valence-electron chi connectivity index (χ1n) is 9.78. The average molecular weight is 399 g/mol. The standard InChI is InChI=1S/C23H26FNO4/c1-3-12-29-23-15-17(5-9-22(23)27-2)4-8-21(26)18-6-7-20(19(24)16-18)25-10-13-28-14-11-25/h4-9,15-16H,3,10-14H2,1-2H3/b8-4+. The fourth-order valence-electron chi connectivity index (χ4n) is 3.11. The van der Waals surface area contributed by atoms with Crippen molar-refractivity contribution in [1.29, 1.82) is 0 Å². The summed E-state index contributed by atoms with van der Waals surface area (Å²) in [5.41, 5.74) is 1.61. The Morgan fingerprint density at radius 3 is 2.66 bits per heavy atom. The van der Waals surface area contributed by atoms with E-state index in [1.165, 1.54) is 12.1 Å². The van der Waals surface area contributed by atoms with Crippen LogP contribution in [0.2, 0.25) is 0 Å². The van der Waals surface area contributed by atoms with E-state index in [-0.39, 0.29) is 5.78 Å². The number of ketones is 1. The predicted molar refractivity (Wildman–Crippen MR) is 112 cm³/mol. The van der Waals surface area contributed by atoms with Gasteiger partial charge in [-0.25, -0.2) is 4.39 Å². The van der Waals surface area contributed by atoms with Crippen LogP contribution in [0, 0.1) is 5.82 Å². The number of halogens is 1. The highest BCUT2D eigenvalue weighted by atomic mass is 19.1. The second-order valence-corrected chi connectivity index (χ2v) is 6.72. The second kappa shape index (κ2) is 10.1. The molecule has 0 atom stereocenters. The smallest absolute Gasteiger partial charge is 0.185 e. The maximum absolute atomic E-state index is 14.5. The Morgan fingerprint density at radius 1 is 1.17 bits per heavy atom. The Morgan fingerprint density at radius 2 is 1.97 bits per heavy atom. The van der Waals surface area contributed by atoms with E-state index in [2.05, 4.69) is 0 Å². The minimum atomic E-state index is -0.397. The van der Waals surface area contributed by atoms with Crippen LogP contribution in [0.3, 0.4) is 0 Å². The molecule has 3 rings (SSSR count). The number of carbonyl (C=O) groups is 1. The van der Waals surface area contributed by atoms with Crippen molar-refractivity contribution in [1.82, 2.24) is 0 Å². The van der Waals surface area contributed by atoms with Crippen molar-refractivity contribution in [2.24, 2.45) is 0 Å². The van der Waals surface area contributed by atoms with Crippen molar-refractivity contribution >= 4 is 17.5 Å². The number of nitrogens with zero attached hydrogens (tertiary/aromatic N) is 1. The van der Waals surface area contributed by atoms with Crippen molar-refractivity contribution in [3.05, 3.63) is 59.4 Å². The maximum Gasteiger partial charge on any atom is 0.185 e. The van der Waals surface area contributed by atoms with Gasteiger partial charge in [0, 0.05) is 18.7 Å². The molecule has 0 bridgehead atoms. The SMILES string of the molecule is CCCOc1cc(/C=C/C(=O)c2ccc(N3CCOCC3)c(F)c2)ccc1OC. The van der Waals surface area contributed by atoms with Crippen LogP contribution in [0.1, 0.15) is 29.3 Å². The Bertz CT molecular complexity index is 875. The van der Waals surface area contributed by atoms with Gasteiger partial charge in [-0.05, 0) is 48.4 Å². The monoisotopic (exact) mass is 399 g/mol. The van der Waals surface area contributed by atoms with Gasteiger partial charge < -0.3 is 19.1 Å². The van der Waals surface area contributed by atoms with E-state index in [0.29, 0.717) is 55.7 Å². The first-order valence-corrected chi connectivity index (χ1v) is 9.78. The third-order valence-corrected chi connectivity index (χ3v) is 4.66. The van der Waals surface area contributed by atoms with Crippen LogP contribution in [0.15, 0.2) is 42.5 Å². The first-order chi connectivity index (χ1) is 14.1. The number of benzene rings is 2. The molecule has 154 valence electrons. The van der Waals surface area contributed by atoms with Crippen LogP contribution in [0.25, 0.3) is 6.08 Å². The summed E-state index contributed by atoms with van der Waals surface area (Å²) in [5.74, 6) is 0.614.